The van der Waals surface area contributed by atoms with E-state index in [4.69, 9.17) is 4.74 Å². The van der Waals surface area contributed by atoms with Crippen LogP contribution in [0.4, 0.5) is 23.2 Å². The van der Waals surface area contributed by atoms with Gasteiger partial charge in [0.25, 0.3) is 5.91 Å². The number of alkyl halides is 3. The van der Waals surface area contributed by atoms with Crippen LogP contribution in [-0.2, 0) is 11.0 Å². The molecule has 0 spiro atoms. The third-order valence-electron chi connectivity index (χ3n) is 2.76. The minimum Gasteiger partial charge on any atom is -0.483 e. The van der Waals surface area contributed by atoms with Crippen molar-refractivity contribution in [3.05, 3.63) is 58.3 Å². The average molecular weight is 392 g/mol. The highest BCUT2D eigenvalue weighted by Crippen LogP contribution is 2.34. The van der Waals surface area contributed by atoms with Gasteiger partial charge in [-0.25, -0.2) is 4.39 Å². The highest BCUT2D eigenvalue weighted by atomic mass is 79.9. The summed E-state index contributed by atoms with van der Waals surface area (Å²) in [4.78, 5) is 11.8. The lowest BCUT2D eigenvalue weighted by atomic mass is 10.1. The molecule has 0 saturated heterocycles. The number of para-hydroxylation sites is 1. The van der Waals surface area contributed by atoms with Crippen LogP contribution >= 0.6 is 15.9 Å². The molecule has 23 heavy (non-hydrogen) atoms. The molecule has 2 rings (SSSR count). The predicted octanol–water partition coefficient (Wildman–Crippen LogP) is 4.62. The molecule has 122 valence electrons. The van der Waals surface area contributed by atoms with Crippen LogP contribution in [0.5, 0.6) is 5.75 Å². The molecule has 0 unspecified atom stereocenters. The van der Waals surface area contributed by atoms with E-state index < -0.39 is 30.1 Å². The Morgan fingerprint density at radius 1 is 1.17 bits per heavy atom. The van der Waals surface area contributed by atoms with Crippen LogP contribution in [-0.4, -0.2) is 12.5 Å². The number of carbonyl (C=O) groups is 1. The molecule has 0 aliphatic heterocycles. The van der Waals surface area contributed by atoms with Crippen LogP contribution in [0.25, 0.3) is 0 Å². The fourth-order valence-corrected chi connectivity index (χ4v) is 2.23. The fraction of sp³-hybridized carbons (Fsp3) is 0.133. The van der Waals surface area contributed by atoms with Gasteiger partial charge in [-0.05, 0) is 46.3 Å². The molecule has 0 aliphatic carbocycles. The summed E-state index contributed by atoms with van der Waals surface area (Å²) in [7, 11) is 0. The Kier molecular flexibility index (Phi) is 5.25. The second kappa shape index (κ2) is 6.99. The molecule has 2 aromatic rings. The maximum absolute atomic E-state index is 12.9. The lowest BCUT2D eigenvalue weighted by Crippen LogP contribution is -2.22. The van der Waals surface area contributed by atoms with Crippen LogP contribution in [0, 0.1) is 5.82 Å². The first-order chi connectivity index (χ1) is 10.8. The van der Waals surface area contributed by atoms with Crippen molar-refractivity contribution >= 4 is 27.5 Å². The number of benzene rings is 2. The third-order valence-corrected chi connectivity index (χ3v) is 3.38. The zero-order valence-corrected chi connectivity index (χ0v) is 13.0. The monoisotopic (exact) mass is 391 g/mol. The Bertz CT molecular complexity index is 719. The number of nitrogens with one attached hydrogen (secondary N) is 1. The molecular weight excluding hydrogens is 382 g/mol. The Hall–Kier alpha value is -2.09. The molecule has 8 heteroatoms. The van der Waals surface area contributed by atoms with E-state index in [1.165, 1.54) is 18.2 Å². The minimum atomic E-state index is -4.58. The van der Waals surface area contributed by atoms with Crippen molar-refractivity contribution in [3.63, 3.8) is 0 Å². The summed E-state index contributed by atoms with van der Waals surface area (Å²) in [5, 5.41) is 2.14. The summed E-state index contributed by atoms with van der Waals surface area (Å²) in [5.41, 5.74) is -1.30. The summed E-state index contributed by atoms with van der Waals surface area (Å²) < 4.78 is 56.8. The van der Waals surface area contributed by atoms with Crippen molar-refractivity contribution in [1.29, 1.82) is 0 Å². The number of hydrogen-bond acceptors (Lipinski definition) is 2. The molecule has 1 N–H and O–H groups in total. The molecule has 0 saturated carbocycles. The smallest absolute Gasteiger partial charge is 0.418 e. The van der Waals surface area contributed by atoms with Crippen LogP contribution in [0.3, 0.4) is 0 Å². The molecular formula is C15H10BrF4NO2. The number of hydrogen-bond donors (Lipinski definition) is 1. The Morgan fingerprint density at radius 3 is 2.52 bits per heavy atom. The third kappa shape index (κ3) is 4.69. The normalized spacial score (nSPS) is 11.2. The largest absolute Gasteiger partial charge is 0.483 e. The van der Waals surface area contributed by atoms with Crippen LogP contribution in [0.1, 0.15) is 5.56 Å². The molecule has 0 bridgehead atoms. The van der Waals surface area contributed by atoms with E-state index in [-0.39, 0.29) is 11.4 Å². The number of halogens is 5. The molecule has 0 atom stereocenters. The maximum atomic E-state index is 12.9. The molecule has 0 radical (unpaired) electrons. The van der Waals surface area contributed by atoms with Gasteiger partial charge in [-0.15, -0.1) is 0 Å². The van der Waals surface area contributed by atoms with E-state index in [0.29, 0.717) is 4.47 Å². The summed E-state index contributed by atoms with van der Waals surface area (Å²) >= 11 is 3.06. The molecule has 0 fully saturated rings. The molecule has 0 aliphatic rings. The molecule has 0 heterocycles. The summed E-state index contributed by atoms with van der Waals surface area (Å²) in [6.45, 7) is -0.517. The number of amides is 1. The van der Waals surface area contributed by atoms with Gasteiger partial charge in [-0.3, -0.25) is 4.79 Å². The highest BCUT2D eigenvalue weighted by Gasteiger charge is 2.33. The quantitative estimate of drug-likeness (QED) is 0.771. The van der Waals surface area contributed by atoms with Crippen LogP contribution in [0.2, 0.25) is 0 Å². The SMILES string of the molecule is O=C(COc1ccc(F)cc1Br)Nc1ccccc1C(F)(F)F. The van der Waals surface area contributed by atoms with E-state index in [9.17, 15) is 22.4 Å². The van der Waals surface area contributed by atoms with Gasteiger partial charge < -0.3 is 10.1 Å². The number of rotatable bonds is 4. The van der Waals surface area contributed by atoms with Gasteiger partial charge in [0.1, 0.15) is 11.6 Å². The van der Waals surface area contributed by atoms with Gasteiger partial charge >= 0.3 is 6.18 Å². The number of ether oxygens (including phenoxy) is 1. The zero-order chi connectivity index (χ0) is 17.0. The fourth-order valence-electron chi connectivity index (χ4n) is 1.76. The summed E-state index contributed by atoms with van der Waals surface area (Å²) in [6, 6.07) is 8.20. The van der Waals surface area contributed by atoms with Crippen molar-refractivity contribution in [3.8, 4) is 5.75 Å². The minimum absolute atomic E-state index is 0.200. The Labute approximate surface area is 137 Å². The van der Waals surface area contributed by atoms with E-state index in [2.05, 4.69) is 21.2 Å². The van der Waals surface area contributed by atoms with Crippen LogP contribution in [0.15, 0.2) is 46.9 Å². The van der Waals surface area contributed by atoms with Crippen molar-refractivity contribution in [1.82, 2.24) is 0 Å². The van der Waals surface area contributed by atoms with E-state index in [1.807, 2.05) is 0 Å². The van der Waals surface area contributed by atoms with E-state index >= 15 is 0 Å². The van der Waals surface area contributed by atoms with Gasteiger partial charge in [0.15, 0.2) is 6.61 Å². The standard InChI is InChI=1S/C15H10BrF4NO2/c16-11-7-9(17)5-6-13(11)23-8-14(22)21-12-4-2-1-3-10(12)15(18,19)20/h1-7H,8H2,(H,21,22). The van der Waals surface area contributed by atoms with Gasteiger partial charge in [0.2, 0.25) is 0 Å². The summed E-state index contributed by atoms with van der Waals surface area (Å²) in [6.07, 6.45) is -4.58. The summed E-state index contributed by atoms with van der Waals surface area (Å²) in [5.74, 6) is -1.06. The second-order valence-corrected chi connectivity index (χ2v) is 5.31. The lowest BCUT2D eigenvalue weighted by Gasteiger charge is -2.14. The van der Waals surface area contributed by atoms with Gasteiger partial charge in [0, 0.05) is 0 Å². The first-order valence-electron chi connectivity index (χ1n) is 6.31. The van der Waals surface area contributed by atoms with Gasteiger partial charge in [-0.1, -0.05) is 12.1 Å². The topological polar surface area (TPSA) is 38.3 Å². The highest BCUT2D eigenvalue weighted by molar-refractivity contribution is 9.10. The Balaban J connectivity index is 2.03. The van der Waals surface area contributed by atoms with Crippen molar-refractivity contribution < 1.29 is 27.1 Å². The second-order valence-electron chi connectivity index (χ2n) is 4.45. The maximum Gasteiger partial charge on any atom is 0.418 e. The lowest BCUT2D eigenvalue weighted by molar-refractivity contribution is -0.137. The predicted molar refractivity (Wildman–Crippen MR) is 79.7 cm³/mol. The van der Waals surface area contributed by atoms with Crippen molar-refractivity contribution in [2.45, 2.75) is 6.18 Å². The van der Waals surface area contributed by atoms with Gasteiger partial charge in [-0.2, -0.15) is 13.2 Å². The number of carbonyl (C=O) groups excluding carboxylic acids is 1. The first kappa shape index (κ1) is 17.3. The Morgan fingerprint density at radius 2 is 1.87 bits per heavy atom. The molecule has 1 amide bonds. The van der Waals surface area contributed by atoms with Crippen molar-refractivity contribution in [2.24, 2.45) is 0 Å². The van der Waals surface area contributed by atoms with Crippen molar-refractivity contribution in [2.75, 3.05) is 11.9 Å². The van der Waals surface area contributed by atoms with E-state index in [1.54, 1.807) is 0 Å². The van der Waals surface area contributed by atoms with Crippen LogP contribution < -0.4 is 10.1 Å². The molecule has 2 aromatic carbocycles. The first-order valence-corrected chi connectivity index (χ1v) is 7.10. The number of anilines is 1. The van der Waals surface area contributed by atoms with E-state index in [0.717, 1.165) is 24.3 Å². The van der Waals surface area contributed by atoms with Gasteiger partial charge in [0.05, 0.1) is 15.7 Å². The molecule has 0 aromatic heterocycles. The average Bonchev–Trinajstić information content (AvgIpc) is 2.46. The molecule has 3 nitrogen and oxygen atoms in total. The zero-order valence-electron chi connectivity index (χ0n) is 11.5.